The van der Waals surface area contributed by atoms with Crippen molar-refractivity contribution in [1.82, 2.24) is 9.97 Å². The van der Waals surface area contributed by atoms with Crippen LogP contribution in [0.1, 0.15) is 11.3 Å². The van der Waals surface area contributed by atoms with E-state index in [0.29, 0.717) is 25.5 Å². The average molecular weight is 280 g/mol. The second kappa shape index (κ2) is 4.75. The monoisotopic (exact) mass is 279 g/mol. The van der Waals surface area contributed by atoms with E-state index in [4.69, 9.17) is 22.1 Å². The van der Waals surface area contributed by atoms with Crippen LogP contribution in [-0.4, -0.2) is 16.6 Å². The molecule has 0 unspecified atom stereocenters. The number of fused-ring (bicyclic) bond motifs is 1. The van der Waals surface area contributed by atoms with E-state index in [-0.39, 0.29) is 16.4 Å². The summed E-state index contributed by atoms with van der Waals surface area (Å²) < 4.78 is 19.3. The van der Waals surface area contributed by atoms with Crippen molar-refractivity contribution in [3.05, 3.63) is 40.3 Å². The van der Waals surface area contributed by atoms with E-state index in [0.717, 1.165) is 11.3 Å². The normalized spacial score (nSPS) is 14.2. The summed E-state index contributed by atoms with van der Waals surface area (Å²) in [5.74, 6) is 0.0628. The summed E-state index contributed by atoms with van der Waals surface area (Å²) >= 11 is 5.77. The molecule has 6 heteroatoms. The topological polar surface area (TPSA) is 61.0 Å². The predicted octanol–water partition coefficient (Wildman–Crippen LogP) is 2.59. The molecule has 0 spiro atoms. The number of nitrogens with two attached hydrogens (primary N) is 1. The first-order chi connectivity index (χ1) is 9.16. The Bertz CT molecular complexity index is 648. The summed E-state index contributed by atoms with van der Waals surface area (Å²) in [7, 11) is 0. The van der Waals surface area contributed by atoms with Crippen LogP contribution in [0.5, 0.6) is 0 Å². The molecule has 2 heterocycles. The average Bonchev–Trinajstić information content (AvgIpc) is 2.42. The molecule has 0 amide bonds. The molecule has 98 valence electrons. The van der Waals surface area contributed by atoms with E-state index in [1.807, 2.05) is 0 Å². The fraction of sp³-hybridized carbons (Fsp3) is 0.231. The Morgan fingerprint density at radius 1 is 1.32 bits per heavy atom. The quantitative estimate of drug-likeness (QED) is 0.871. The maximum atomic E-state index is 14.0. The second-order valence-corrected chi connectivity index (χ2v) is 4.67. The molecule has 4 nitrogen and oxygen atoms in total. The van der Waals surface area contributed by atoms with Gasteiger partial charge in [-0.2, -0.15) is 0 Å². The van der Waals surface area contributed by atoms with Gasteiger partial charge < -0.3 is 10.5 Å². The molecule has 3 rings (SSSR count). The molecule has 19 heavy (non-hydrogen) atoms. The maximum Gasteiger partial charge on any atom is 0.164 e. The minimum absolute atomic E-state index is 0.0423. The Morgan fingerprint density at radius 3 is 3.00 bits per heavy atom. The highest BCUT2D eigenvalue weighted by Crippen LogP contribution is 2.28. The van der Waals surface area contributed by atoms with Crippen molar-refractivity contribution < 1.29 is 9.13 Å². The molecule has 0 saturated heterocycles. The fourth-order valence-electron chi connectivity index (χ4n) is 2.05. The third kappa shape index (κ3) is 2.15. The van der Waals surface area contributed by atoms with Gasteiger partial charge in [-0.05, 0) is 12.1 Å². The van der Waals surface area contributed by atoms with Gasteiger partial charge >= 0.3 is 0 Å². The molecule has 0 bridgehead atoms. The van der Waals surface area contributed by atoms with Crippen LogP contribution in [0.3, 0.4) is 0 Å². The number of anilines is 1. The molecule has 0 aliphatic carbocycles. The van der Waals surface area contributed by atoms with E-state index < -0.39 is 5.82 Å². The van der Waals surface area contributed by atoms with Crippen molar-refractivity contribution in [3.8, 4) is 11.4 Å². The van der Waals surface area contributed by atoms with Crippen LogP contribution in [0.15, 0.2) is 18.2 Å². The van der Waals surface area contributed by atoms with Gasteiger partial charge in [0.05, 0.1) is 29.5 Å². The maximum absolute atomic E-state index is 14.0. The van der Waals surface area contributed by atoms with Crippen LogP contribution in [0.25, 0.3) is 11.4 Å². The Kier molecular flexibility index (Phi) is 3.08. The Hall–Kier alpha value is -1.72. The first kappa shape index (κ1) is 12.3. The zero-order valence-corrected chi connectivity index (χ0v) is 10.7. The van der Waals surface area contributed by atoms with Crippen molar-refractivity contribution >= 4 is 17.4 Å². The number of halogens is 2. The number of hydrogen-bond donors (Lipinski definition) is 1. The fourth-order valence-corrected chi connectivity index (χ4v) is 2.23. The summed E-state index contributed by atoms with van der Waals surface area (Å²) in [5, 5.41) is 0.0423. The largest absolute Gasteiger partial charge is 0.383 e. The lowest BCUT2D eigenvalue weighted by atomic mass is 10.1. The smallest absolute Gasteiger partial charge is 0.164 e. The van der Waals surface area contributed by atoms with Crippen LogP contribution in [0, 0.1) is 5.82 Å². The van der Waals surface area contributed by atoms with E-state index in [9.17, 15) is 4.39 Å². The van der Waals surface area contributed by atoms with Gasteiger partial charge in [-0.15, -0.1) is 0 Å². The standard InChI is InChI=1S/C13H11ClFN3O/c14-9-3-1-2-7(11(9)15)13-17-10-4-5-19-6-8(10)12(16)18-13/h1-3H,4-6H2,(H2,16,17,18). The van der Waals surface area contributed by atoms with Gasteiger partial charge in [0, 0.05) is 12.0 Å². The van der Waals surface area contributed by atoms with Crippen LogP contribution < -0.4 is 5.73 Å². The molecular weight excluding hydrogens is 269 g/mol. The molecule has 1 aliphatic heterocycles. The lowest BCUT2D eigenvalue weighted by Gasteiger charge is -2.17. The Morgan fingerprint density at radius 2 is 2.16 bits per heavy atom. The van der Waals surface area contributed by atoms with E-state index >= 15 is 0 Å². The van der Waals surface area contributed by atoms with Gasteiger partial charge in [0.1, 0.15) is 5.82 Å². The predicted molar refractivity (Wildman–Crippen MR) is 70.2 cm³/mol. The molecule has 0 saturated carbocycles. The highest BCUT2D eigenvalue weighted by Gasteiger charge is 2.19. The van der Waals surface area contributed by atoms with E-state index in [2.05, 4.69) is 9.97 Å². The molecule has 0 fully saturated rings. The lowest BCUT2D eigenvalue weighted by Crippen LogP contribution is -2.16. The zero-order valence-electron chi connectivity index (χ0n) is 9.99. The first-order valence-electron chi connectivity index (χ1n) is 5.84. The number of ether oxygens (including phenoxy) is 1. The van der Waals surface area contributed by atoms with Gasteiger partial charge in [-0.3, -0.25) is 0 Å². The number of aromatic nitrogens is 2. The third-order valence-corrected chi connectivity index (χ3v) is 3.34. The van der Waals surface area contributed by atoms with Crippen LogP contribution >= 0.6 is 11.6 Å². The van der Waals surface area contributed by atoms with Gasteiger partial charge in [-0.1, -0.05) is 17.7 Å². The van der Waals surface area contributed by atoms with Crippen LogP contribution in [-0.2, 0) is 17.8 Å². The molecule has 2 aromatic rings. The number of hydrogen-bond acceptors (Lipinski definition) is 4. The number of nitrogens with zero attached hydrogens (tertiary/aromatic N) is 2. The highest BCUT2D eigenvalue weighted by molar-refractivity contribution is 6.31. The van der Waals surface area contributed by atoms with Crippen LogP contribution in [0.2, 0.25) is 5.02 Å². The molecule has 2 N–H and O–H groups in total. The number of benzene rings is 1. The molecule has 1 aliphatic rings. The molecule has 1 aromatic carbocycles. The highest BCUT2D eigenvalue weighted by atomic mass is 35.5. The summed E-state index contributed by atoms with van der Waals surface area (Å²) in [6, 6.07) is 4.72. The summed E-state index contributed by atoms with van der Waals surface area (Å²) in [5.41, 5.74) is 7.74. The molecule has 0 atom stereocenters. The van der Waals surface area contributed by atoms with E-state index in [1.54, 1.807) is 12.1 Å². The molecule has 0 radical (unpaired) electrons. The molecular formula is C13H11ClFN3O. The van der Waals surface area contributed by atoms with Crippen molar-refractivity contribution in [1.29, 1.82) is 0 Å². The minimum atomic E-state index is -0.532. The van der Waals surface area contributed by atoms with Crippen molar-refractivity contribution in [2.45, 2.75) is 13.0 Å². The number of nitrogen functional groups attached to an aromatic ring is 1. The summed E-state index contributed by atoms with van der Waals surface area (Å²) in [4.78, 5) is 8.52. The Labute approximate surface area is 114 Å². The molecule has 1 aromatic heterocycles. The van der Waals surface area contributed by atoms with E-state index in [1.165, 1.54) is 6.07 Å². The Balaban J connectivity index is 2.16. The van der Waals surface area contributed by atoms with Crippen molar-refractivity contribution in [3.63, 3.8) is 0 Å². The summed E-state index contributed by atoms with van der Waals surface area (Å²) in [6.45, 7) is 0.987. The SMILES string of the molecule is Nc1nc(-c2cccc(Cl)c2F)nc2c1COCC2. The van der Waals surface area contributed by atoms with Gasteiger partial charge in [0.2, 0.25) is 0 Å². The van der Waals surface area contributed by atoms with Gasteiger partial charge in [0.25, 0.3) is 0 Å². The van der Waals surface area contributed by atoms with Crippen molar-refractivity contribution in [2.24, 2.45) is 0 Å². The van der Waals surface area contributed by atoms with Crippen molar-refractivity contribution in [2.75, 3.05) is 12.3 Å². The van der Waals surface area contributed by atoms with Crippen LogP contribution in [0.4, 0.5) is 10.2 Å². The number of rotatable bonds is 1. The second-order valence-electron chi connectivity index (χ2n) is 4.26. The van der Waals surface area contributed by atoms with Gasteiger partial charge in [0.15, 0.2) is 11.6 Å². The lowest BCUT2D eigenvalue weighted by molar-refractivity contribution is 0.109. The first-order valence-corrected chi connectivity index (χ1v) is 6.22. The zero-order chi connectivity index (χ0) is 13.4. The van der Waals surface area contributed by atoms with Gasteiger partial charge in [-0.25, -0.2) is 14.4 Å². The third-order valence-electron chi connectivity index (χ3n) is 3.05. The minimum Gasteiger partial charge on any atom is -0.383 e. The summed E-state index contributed by atoms with van der Waals surface area (Å²) in [6.07, 6.45) is 0.650.